The fourth-order valence-electron chi connectivity index (χ4n) is 23.8. The van der Waals surface area contributed by atoms with Crippen molar-refractivity contribution < 1.29 is 13.3 Å². The number of hydrogen-bond donors (Lipinski definition) is 0. The van der Waals surface area contributed by atoms with E-state index in [4.69, 9.17) is 13.3 Å². The molecule has 0 saturated heterocycles. The highest BCUT2D eigenvalue weighted by atomic mass is 16.3. The van der Waals surface area contributed by atoms with Crippen molar-refractivity contribution in [3.8, 4) is 100 Å². The molecular weight excluding hydrogens is 1620 g/mol. The molecule has 0 unspecified atom stereocenters. The molecule has 0 spiro atoms. The van der Waals surface area contributed by atoms with Gasteiger partial charge >= 0.3 is 0 Å². The first kappa shape index (κ1) is 75.6. The molecule has 24 aromatic rings. The zero-order valence-corrected chi connectivity index (χ0v) is 72.8. The van der Waals surface area contributed by atoms with Crippen LogP contribution in [0.3, 0.4) is 0 Å². The molecule has 0 radical (unpaired) electrons. The Bertz CT molecular complexity index is 8740. The van der Waals surface area contributed by atoms with Crippen LogP contribution in [0, 0.1) is 0 Å². The highest BCUT2D eigenvalue weighted by Crippen LogP contribution is 2.63. The van der Waals surface area contributed by atoms with E-state index >= 15 is 0 Å². The van der Waals surface area contributed by atoms with E-state index in [9.17, 15) is 0 Å². The molecule has 2 aliphatic carbocycles. The minimum Gasteiger partial charge on any atom is -0.456 e. The van der Waals surface area contributed by atoms with Gasteiger partial charge in [0.1, 0.15) is 33.5 Å². The van der Waals surface area contributed by atoms with Crippen molar-refractivity contribution in [3.05, 3.63) is 524 Å². The second-order valence-electron chi connectivity index (χ2n) is 36.2. The Morgan fingerprint density at radius 2 is 0.537 bits per heavy atom. The van der Waals surface area contributed by atoms with Gasteiger partial charge in [-0.3, -0.25) is 0 Å². The first-order valence-electron chi connectivity index (χ1n) is 46.4. The maximum atomic E-state index is 7.62. The molecule has 21 aromatic carbocycles. The summed E-state index contributed by atoms with van der Waals surface area (Å²) in [7, 11) is 0. The molecule has 0 saturated carbocycles. The molecule has 0 fully saturated rings. The number of nitrogens with zero attached hydrogens (tertiary/aromatic N) is 2. The molecule has 0 N–H and O–H groups in total. The van der Waals surface area contributed by atoms with Gasteiger partial charge in [0.05, 0.1) is 22.2 Å². The number of furan rings is 3. The van der Waals surface area contributed by atoms with Gasteiger partial charge in [-0.25, -0.2) is 0 Å². The molecule has 5 heterocycles. The minimum absolute atomic E-state index is 0.489. The molecule has 4 aliphatic rings. The molecular formula is C128H79BN2O3. The number of rotatable bonds is 13. The van der Waals surface area contributed by atoms with E-state index < -0.39 is 17.5 Å². The van der Waals surface area contributed by atoms with Crippen LogP contribution >= 0.6 is 0 Å². The van der Waals surface area contributed by atoms with Gasteiger partial charge in [0.15, 0.2) is 0 Å². The van der Waals surface area contributed by atoms with Gasteiger partial charge in [-0.05, 0) is 194 Å². The molecule has 3 aromatic heterocycles. The van der Waals surface area contributed by atoms with Crippen LogP contribution in [0.2, 0.25) is 0 Å². The van der Waals surface area contributed by atoms with E-state index in [1.165, 1.54) is 55.6 Å². The third kappa shape index (κ3) is 11.0. The Labute approximate surface area is 775 Å². The Hall–Kier alpha value is -17.3. The van der Waals surface area contributed by atoms with E-state index in [1.54, 1.807) is 0 Å². The van der Waals surface area contributed by atoms with Gasteiger partial charge in [-0.2, -0.15) is 0 Å². The first-order valence-corrected chi connectivity index (χ1v) is 46.4. The van der Waals surface area contributed by atoms with Crippen LogP contribution < -0.4 is 26.2 Å². The lowest BCUT2D eigenvalue weighted by molar-refractivity contribution is 0.668. The smallest absolute Gasteiger partial charge is 0.252 e. The molecule has 6 heteroatoms. The second kappa shape index (κ2) is 29.6. The molecule has 134 heavy (non-hydrogen) atoms. The summed E-state index contributed by atoms with van der Waals surface area (Å²) >= 11 is 0. The van der Waals surface area contributed by atoms with Crippen LogP contribution in [0.25, 0.3) is 166 Å². The quantitative estimate of drug-likeness (QED) is 0.108. The number of para-hydroxylation sites is 6. The van der Waals surface area contributed by atoms with Crippen LogP contribution in [-0.4, -0.2) is 6.71 Å². The van der Waals surface area contributed by atoms with E-state index in [0.29, 0.717) is 0 Å². The predicted octanol–water partition coefficient (Wildman–Crippen LogP) is 31.9. The lowest BCUT2D eigenvalue weighted by Gasteiger charge is -2.46. The maximum Gasteiger partial charge on any atom is 0.252 e. The third-order valence-electron chi connectivity index (χ3n) is 29.4. The lowest BCUT2D eigenvalue weighted by Crippen LogP contribution is -2.61. The summed E-state index contributed by atoms with van der Waals surface area (Å²) in [6.45, 7) is -0.489. The molecule has 28 rings (SSSR count). The Kier molecular flexibility index (Phi) is 16.7. The van der Waals surface area contributed by atoms with Gasteiger partial charge in [-0.15, -0.1) is 0 Å². The van der Waals surface area contributed by atoms with E-state index in [2.05, 4.69) is 489 Å². The fraction of sp³-hybridized carbons (Fsp3) is 0.0156. The van der Waals surface area contributed by atoms with Crippen molar-refractivity contribution in [3.63, 3.8) is 0 Å². The van der Waals surface area contributed by atoms with Crippen LogP contribution in [-0.2, 0) is 10.8 Å². The summed E-state index contributed by atoms with van der Waals surface area (Å²) in [5, 5.41) is 6.33. The third-order valence-corrected chi connectivity index (χ3v) is 29.4. The van der Waals surface area contributed by atoms with Gasteiger partial charge in [-0.1, -0.05) is 413 Å². The maximum absolute atomic E-state index is 7.62. The second-order valence-corrected chi connectivity index (χ2v) is 36.2. The van der Waals surface area contributed by atoms with Crippen molar-refractivity contribution in [1.29, 1.82) is 0 Å². The van der Waals surface area contributed by atoms with E-state index in [0.717, 1.165) is 205 Å². The Morgan fingerprint density at radius 3 is 1.04 bits per heavy atom. The van der Waals surface area contributed by atoms with E-state index in [-0.39, 0.29) is 0 Å². The number of anilines is 6. The largest absolute Gasteiger partial charge is 0.456 e. The highest BCUT2D eigenvalue weighted by Gasteiger charge is 2.53. The normalized spacial score (nSPS) is 13.4. The van der Waals surface area contributed by atoms with Crippen LogP contribution in [0.15, 0.2) is 492 Å². The fourth-order valence-corrected chi connectivity index (χ4v) is 23.8. The van der Waals surface area contributed by atoms with Crippen molar-refractivity contribution in [2.45, 2.75) is 10.8 Å². The molecule has 622 valence electrons. The average Bonchev–Trinajstić information content (AvgIpc) is 1.33. The number of benzene rings is 21. The van der Waals surface area contributed by atoms with Crippen molar-refractivity contribution >= 4 is 123 Å². The summed E-state index contributed by atoms with van der Waals surface area (Å²) in [4.78, 5) is 5.44. The molecule has 0 atom stereocenters. The lowest BCUT2D eigenvalue weighted by atomic mass is 9.33. The molecule has 5 nitrogen and oxygen atoms in total. The highest BCUT2D eigenvalue weighted by molar-refractivity contribution is 7.00. The number of fused-ring (bicyclic) bond motifs is 19. The standard InChI is InChI=1S/C128H79BN2O3/c1-9-35-80(36-10-1)92-54-31-55-93(81-37-11-2-12-38-81)123(92)130-114-76-105-104-71-85(96-58-33-60-102-100-52-26-29-63-118(100)133-125(96)102)66-69-109(104)128(90-47-21-7-22-48-90,91-49-23-8-24-50-91)111(105)78-112(114)129-113-79-121-107(106-72-86(67-70-120(106)132-121)97-59-34-61-103-101-53-27-30-64-119(101)134-126(97)103)77-115(113)131(124-94(82-39-13-3-14-40-82)56-32-57-95(124)83-41-15-4-16-42-83)117-75-87(74-116(130)122(117)129)84-65-68-99-98-51-25-28-62-108(98)127(110(99)73-84,88-43-17-5-18-44-88)89-45-19-6-20-46-89/h1-79H. The van der Waals surface area contributed by atoms with Gasteiger partial charge < -0.3 is 23.1 Å². The van der Waals surface area contributed by atoms with Gasteiger partial charge in [0.25, 0.3) is 6.71 Å². The zero-order chi connectivity index (χ0) is 87.9. The van der Waals surface area contributed by atoms with Crippen LogP contribution in [0.1, 0.15) is 44.5 Å². The molecule has 2 aliphatic heterocycles. The van der Waals surface area contributed by atoms with Crippen molar-refractivity contribution in [2.24, 2.45) is 0 Å². The van der Waals surface area contributed by atoms with E-state index in [1.807, 2.05) is 0 Å². The van der Waals surface area contributed by atoms with Crippen molar-refractivity contribution in [2.75, 3.05) is 9.80 Å². The topological polar surface area (TPSA) is 45.9 Å². The van der Waals surface area contributed by atoms with Gasteiger partial charge in [0.2, 0.25) is 0 Å². The summed E-state index contributed by atoms with van der Waals surface area (Å²) in [5.41, 5.74) is 42.3. The predicted molar refractivity (Wildman–Crippen MR) is 555 cm³/mol. The summed E-state index contributed by atoms with van der Waals surface area (Å²) in [6.07, 6.45) is 0. The molecule has 0 bridgehead atoms. The average molecular weight is 1700 g/mol. The summed E-state index contributed by atoms with van der Waals surface area (Å²) in [6, 6.07) is 180. The Balaban J connectivity index is 0.813. The molecule has 0 amide bonds. The first-order chi connectivity index (χ1) is 66.5. The van der Waals surface area contributed by atoms with Crippen LogP contribution in [0.4, 0.5) is 34.1 Å². The zero-order valence-electron chi connectivity index (χ0n) is 72.8. The van der Waals surface area contributed by atoms with Crippen molar-refractivity contribution in [1.82, 2.24) is 0 Å². The van der Waals surface area contributed by atoms with Gasteiger partial charge in [0, 0.05) is 88.4 Å². The summed E-state index contributed by atoms with van der Waals surface area (Å²) < 4.78 is 21.6. The van der Waals surface area contributed by atoms with Crippen LogP contribution in [0.5, 0.6) is 0 Å². The SMILES string of the molecule is c1ccc(-c2cccc(-c3ccccc3)c2N2c3cc4c(cc3B3c5cc6oc7ccc(-c8cccc9c8oc8ccccc89)cc7c6cc5N(c5c(-c6ccccc6)cccc5-c5ccccc5)c5cc(-c6ccc7c(c6)C(c6ccccc6)(c6ccccc6)c6ccccc6-7)cc2c53)C(c2ccccc2)(c2ccccc2)c2ccc(-c3cccc5c3oc3ccccc35)cc2-4)cc1. The monoisotopic (exact) mass is 1700 g/mol. The Morgan fingerprint density at radius 1 is 0.179 bits per heavy atom. The minimum atomic E-state index is -0.876. The summed E-state index contributed by atoms with van der Waals surface area (Å²) in [5.74, 6) is 0. The number of hydrogen-bond acceptors (Lipinski definition) is 5.